The van der Waals surface area contributed by atoms with E-state index in [1.54, 1.807) is 42.5 Å². The van der Waals surface area contributed by atoms with E-state index in [0.717, 1.165) is 25.5 Å². The Hall–Kier alpha value is -2.83. The van der Waals surface area contributed by atoms with Crippen LogP contribution in [0.3, 0.4) is 0 Å². The van der Waals surface area contributed by atoms with Crippen LogP contribution in [-0.4, -0.2) is 20.6 Å². The summed E-state index contributed by atoms with van der Waals surface area (Å²) in [7, 11) is -3.55. The highest BCUT2D eigenvalue weighted by Crippen LogP contribution is 2.30. The van der Waals surface area contributed by atoms with Gasteiger partial charge in [0.05, 0.1) is 24.5 Å². The lowest BCUT2D eigenvalue weighted by Crippen LogP contribution is -2.31. The van der Waals surface area contributed by atoms with Gasteiger partial charge < -0.3 is 5.32 Å². The molecule has 3 aromatic rings. The van der Waals surface area contributed by atoms with Crippen LogP contribution in [-0.2, 0) is 23.0 Å². The molecule has 1 aliphatic rings. The molecule has 0 saturated heterocycles. The van der Waals surface area contributed by atoms with E-state index in [1.807, 2.05) is 18.2 Å². The number of benzene rings is 3. The van der Waals surface area contributed by atoms with Gasteiger partial charge in [0.2, 0.25) is 10.0 Å². The van der Waals surface area contributed by atoms with Gasteiger partial charge in [-0.2, -0.15) is 0 Å². The monoisotopic (exact) mass is 468 g/mol. The average molecular weight is 469 g/mol. The molecule has 1 atom stereocenters. The maximum Gasteiger partial charge on any atom is 0.251 e. The fourth-order valence-electron chi connectivity index (χ4n) is 4.11. The van der Waals surface area contributed by atoms with Gasteiger partial charge in [0.1, 0.15) is 0 Å². The minimum absolute atomic E-state index is 0.0140. The summed E-state index contributed by atoms with van der Waals surface area (Å²) >= 11 is 6.23. The first-order valence-electron chi connectivity index (χ1n) is 10.5. The number of hydrogen-bond acceptors (Lipinski definition) is 3. The summed E-state index contributed by atoms with van der Waals surface area (Å²) in [6, 6.07) is 22.0. The predicted molar refractivity (Wildman–Crippen MR) is 129 cm³/mol. The Morgan fingerprint density at radius 1 is 1.03 bits per heavy atom. The molecule has 0 aromatic heterocycles. The summed E-state index contributed by atoms with van der Waals surface area (Å²) in [5, 5.41) is 3.63. The summed E-state index contributed by atoms with van der Waals surface area (Å²) in [6.07, 6.45) is 4.13. The van der Waals surface area contributed by atoms with Crippen molar-refractivity contribution in [3.63, 3.8) is 0 Å². The third kappa shape index (κ3) is 4.97. The first kappa shape index (κ1) is 22.4. The van der Waals surface area contributed by atoms with Crippen LogP contribution in [0.25, 0.3) is 0 Å². The Balaban J connectivity index is 1.52. The summed E-state index contributed by atoms with van der Waals surface area (Å²) in [4.78, 5) is 12.9. The number of aryl methyl sites for hydroxylation is 1. The van der Waals surface area contributed by atoms with Crippen LogP contribution in [0.5, 0.6) is 0 Å². The first-order valence-corrected chi connectivity index (χ1v) is 12.8. The van der Waals surface area contributed by atoms with Crippen LogP contribution in [0.2, 0.25) is 5.02 Å². The van der Waals surface area contributed by atoms with Gasteiger partial charge in [0, 0.05) is 10.6 Å². The van der Waals surface area contributed by atoms with E-state index in [-0.39, 0.29) is 18.5 Å². The molecule has 0 spiro atoms. The molecule has 1 aliphatic carbocycles. The second-order valence-corrected chi connectivity index (χ2v) is 10.3. The van der Waals surface area contributed by atoms with Crippen LogP contribution >= 0.6 is 11.6 Å². The molecule has 4 rings (SSSR count). The molecule has 7 heteroatoms. The van der Waals surface area contributed by atoms with E-state index in [2.05, 4.69) is 17.4 Å². The van der Waals surface area contributed by atoms with Crippen LogP contribution in [0, 0.1) is 0 Å². The van der Waals surface area contributed by atoms with Crippen molar-refractivity contribution in [2.24, 2.45) is 0 Å². The summed E-state index contributed by atoms with van der Waals surface area (Å²) in [5.74, 6) is -0.171. The number of nitrogens with zero attached hydrogens (tertiary/aromatic N) is 1. The van der Waals surface area contributed by atoms with Gasteiger partial charge in [0.15, 0.2) is 0 Å². The van der Waals surface area contributed by atoms with E-state index in [9.17, 15) is 13.2 Å². The molecule has 0 unspecified atom stereocenters. The molecule has 3 aromatic carbocycles. The maximum absolute atomic E-state index is 12.9. The number of nitrogens with one attached hydrogen (secondary N) is 1. The number of amides is 1. The van der Waals surface area contributed by atoms with Crippen LogP contribution < -0.4 is 9.62 Å². The lowest BCUT2D eigenvalue weighted by molar-refractivity contribution is 0.0932. The number of carbonyl (C=O) groups excluding carboxylic acids is 1. The molecule has 166 valence electrons. The normalized spacial score (nSPS) is 15.6. The Kier molecular flexibility index (Phi) is 6.53. The molecule has 0 heterocycles. The van der Waals surface area contributed by atoms with E-state index < -0.39 is 10.0 Å². The van der Waals surface area contributed by atoms with Crippen LogP contribution in [0.1, 0.15) is 45.9 Å². The quantitative estimate of drug-likeness (QED) is 0.546. The summed E-state index contributed by atoms with van der Waals surface area (Å²) in [5.41, 5.74) is 4.13. The zero-order valence-corrected chi connectivity index (χ0v) is 19.4. The molecule has 5 nitrogen and oxygen atoms in total. The first-order chi connectivity index (χ1) is 15.3. The van der Waals surface area contributed by atoms with Gasteiger partial charge in [-0.3, -0.25) is 9.10 Å². The third-order valence-electron chi connectivity index (χ3n) is 5.76. The van der Waals surface area contributed by atoms with Crippen molar-refractivity contribution in [1.29, 1.82) is 0 Å². The molecular weight excluding hydrogens is 444 g/mol. The number of halogens is 1. The molecular formula is C25H25ClN2O3S. The van der Waals surface area contributed by atoms with Crippen molar-refractivity contribution in [3.8, 4) is 0 Å². The summed E-state index contributed by atoms with van der Waals surface area (Å²) in [6.45, 7) is 0.114. The van der Waals surface area contributed by atoms with E-state index in [4.69, 9.17) is 11.6 Å². The van der Waals surface area contributed by atoms with Gasteiger partial charge in [-0.15, -0.1) is 0 Å². The molecule has 1 N–H and O–H groups in total. The number of sulfonamides is 1. The minimum atomic E-state index is -3.55. The van der Waals surface area contributed by atoms with Crippen molar-refractivity contribution in [2.75, 3.05) is 10.6 Å². The van der Waals surface area contributed by atoms with E-state index in [1.165, 1.54) is 15.4 Å². The Morgan fingerprint density at radius 2 is 1.72 bits per heavy atom. The smallest absolute Gasteiger partial charge is 0.251 e. The lowest BCUT2D eigenvalue weighted by Gasteiger charge is -2.26. The van der Waals surface area contributed by atoms with Crippen molar-refractivity contribution in [1.82, 2.24) is 5.32 Å². The third-order valence-corrected chi connectivity index (χ3v) is 7.27. The van der Waals surface area contributed by atoms with Crippen LogP contribution in [0.4, 0.5) is 5.69 Å². The number of carbonyl (C=O) groups is 1. The second-order valence-electron chi connectivity index (χ2n) is 8.03. The highest BCUT2D eigenvalue weighted by molar-refractivity contribution is 7.92. The number of anilines is 1. The SMILES string of the molecule is CS(=O)(=O)N(Cc1ccccc1Cl)c1ccc(C(=O)N[C@H]2CCCc3ccccc32)cc1. The second kappa shape index (κ2) is 9.35. The molecule has 0 saturated carbocycles. The van der Waals surface area contributed by atoms with Crippen molar-refractivity contribution in [3.05, 3.63) is 100 Å². The van der Waals surface area contributed by atoms with E-state index >= 15 is 0 Å². The number of rotatable bonds is 6. The molecule has 0 aliphatic heterocycles. The molecule has 0 radical (unpaired) electrons. The maximum atomic E-state index is 12.9. The molecule has 0 fully saturated rings. The zero-order chi connectivity index (χ0) is 22.7. The topological polar surface area (TPSA) is 66.5 Å². The highest BCUT2D eigenvalue weighted by atomic mass is 35.5. The Labute approximate surface area is 194 Å². The van der Waals surface area contributed by atoms with Crippen molar-refractivity contribution < 1.29 is 13.2 Å². The summed E-state index contributed by atoms with van der Waals surface area (Å²) < 4.78 is 26.2. The van der Waals surface area contributed by atoms with Crippen molar-refractivity contribution >= 4 is 33.2 Å². The Morgan fingerprint density at radius 3 is 2.44 bits per heavy atom. The number of fused-ring (bicyclic) bond motifs is 1. The highest BCUT2D eigenvalue weighted by Gasteiger charge is 2.23. The fraction of sp³-hybridized carbons (Fsp3) is 0.240. The lowest BCUT2D eigenvalue weighted by atomic mass is 9.87. The van der Waals surface area contributed by atoms with Gasteiger partial charge in [-0.05, 0) is 66.3 Å². The van der Waals surface area contributed by atoms with Crippen LogP contribution in [0.15, 0.2) is 72.8 Å². The molecule has 32 heavy (non-hydrogen) atoms. The van der Waals surface area contributed by atoms with E-state index in [0.29, 0.717) is 21.8 Å². The molecule has 0 bridgehead atoms. The predicted octanol–water partition coefficient (Wildman–Crippen LogP) is 5.11. The zero-order valence-electron chi connectivity index (χ0n) is 17.8. The number of hydrogen-bond donors (Lipinski definition) is 1. The molecule has 1 amide bonds. The van der Waals surface area contributed by atoms with Gasteiger partial charge in [-0.1, -0.05) is 54.1 Å². The standard InChI is InChI=1S/C25H25ClN2O3S/c1-32(30,31)28(17-20-8-3-5-11-23(20)26)21-15-13-19(14-16-21)25(29)27-24-12-6-9-18-7-2-4-10-22(18)24/h2-5,7-8,10-11,13-16,24H,6,9,12,17H2,1H3,(H,27,29)/t24-/m0/s1. The minimum Gasteiger partial charge on any atom is -0.345 e. The van der Waals surface area contributed by atoms with Gasteiger partial charge in [0.25, 0.3) is 5.91 Å². The Bertz CT molecular complexity index is 1230. The fourth-order valence-corrected chi connectivity index (χ4v) is 5.18. The van der Waals surface area contributed by atoms with Gasteiger partial charge >= 0.3 is 0 Å². The van der Waals surface area contributed by atoms with Crippen molar-refractivity contribution in [2.45, 2.75) is 31.8 Å². The largest absolute Gasteiger partial charge is 0.345 e. The average Bonchev–Trinajstić information content (AvgIpc) is 2.78. The van der Waals surface area contributed by atoms with Gasteiger partial charge in [-0.25, -0.2) is 8.42 Å².